The average molecular weight is 240 g/mol. The van der Waals surface area contributed by atoms with E-state index in [1.807, 2.05) is 0 Å². The summed E-state index contributed by atoms with van der Waals surface area (Å²) in [6.07, 6.45) is 6.18. The van der Waals surface area contributed by atoms with Crippen LogP contribution >= 0.6 is 0 Å². The highest BCUT2D eigenvalue weighted by molar-refractivity contribution is 5.78. The van der Waals surface area contributed by atoms with Crippen molar-refractivity contribution < 1.29 is 9.53 Å². The van der Waals surface area contributed by atoms with Crippen LogP contribution in [0, 0.1) is 0 Å². The van der Waals surface area contributed by atoms with E-state index in [0.717, 1.165) is 39.0 Å². The van der Waals surface area contributed by atoms with Crippen LogP contribution in [0.25, 0.3) is 0 Å². The highest BCUT2D eigenvalue weighted by atomic mass is 16.5. The second kappa shape index (κ2) is 6.36. The van der Waals surface area contributed by atoms with Gasteiger partial charge in [0.2, 0.25) is 5.91 Å². The Labute approximate surface area is 104 Å². The van der Waals surface area contributed by atoms with Crippen molar-refractivity contribution in [1.82, 2.24) is 10.2 Å². The molecule has 2 rings (SSSR count). The number of amides is 1. The molecule has 17 heavy (non-hydrogen) atoms. The second-order valence-corrected chi connectivity index (χ2v) is 5.19. The van der Waals surface area contributed by atoms with Gasteiger partial charge in [0.1, 0.15) is 0 Å². The van der Waals surface area contributed by atoms with Crippen LogP contribution in [0.1, 0.15) is 39.0 Å². The van der Waals surface area contributed by atoms with E-state index in [2.05, 4.69) is 17.1 Å². The molecule has 0 spiro atoms. The summed E-state index contributed by atoms with van der Waals surface area (Å²) < 4.78 is 5.60. The summed E-state index contributed by atoms with van der Waals surface area (Å²) in [5.41, 5.74) is 0. The van der Waals surface area contributed by atoms with Crippen LogP contribution < -0.4 is 5.32 Å². The topological polar surface area (TPSA) is 41.6 Å². The Bertz CT molecular complexity index is 252. The minimum absolute atomic E-state index is 0.189. The number of rotatable bonds is 4. The van der Waals surface area contributed by atoms with Crippen molar-refractivity contribution in [2.45, 2.75) is 51.2 Å². The normalized spacial score (nSPS) is 27.2. The quantitative estimate of drug-likeness (QED) is 0.801. The minimum Gasteiger partial charge on any atom is -0.376 e. The van der Waals surface area contributed by atoms with Crippen LogP contribution in [-0.2, 0) is 9.53 Å². The summed E-state index contributed by atoms with van der Waals surface area (Å²) in [6.45, 7) is 5.21. The van der Waals surface area contributed by atoms with Crippen molar-refractivity contribution in [3.63, 3.8) is 0 Å². The molecular weight excluding hydrogens is 216 g/mol. The van der Waals surface area contributed by atoms with Gasteiger partial charge in [-0.25, -0.2) is 0 Å². The van der Waals surface area contributed by atoms with Gasteiger partial charge < -0.3 is 10.1 Å². The van der Waals surface area contributed by atoms with Gasteiger partial charge in [0.05, 0.1) is 19.3 Å². The Hall–Kier alpha value is -0.610. The highest BCUT2D eigenvalue weighted by Crippen LogP contribution is 2.17. The monoisotopic (exact) mass is 240 g/mol. The van der Waals surface area contributed by atoms with Crippen molar-refractivity contribution in [1.29, 1.82) is 0 Å². The largest absolute Gasteiger partial charge is 0.376 e. The molecule has 0 aromatic heterocycles. The molecule has 0 unspecified atom stereocenters. The first-order valence-corrected chi connectivity index (χ1v) is 6.91. The maximum absolute atomic E-state index is 11.9. The van der Waals surface area contributed by atoms with Crippen LogP contribution in [-0.4, -0.2) is 49.2 Å². The number of nitrogens with one attached hydrogen (secondary N) is 1. The van der Waals surface area contributed by atoms with Crippen molar-refractivity contribution in [2.75, 3.05) is 26.2 Å². The lowest BCUT2D eigenvalue weighted by Crippen LogP contribution is -2.48. The van der Waals surface area contributed by atoms with Gasteiger partial charge in [-0.05, 0) is 19.3 Å². The van der Waals surface area contributed by atoms with Crippen LogP contribution in [0.3, 0.4) is 0 Å². The van der Waals surface area contributed by atoms with E-state index in [1.165, 1.54) is 12.8 Å². The van der Waals surface area contributed by atoms with E-state index < -0.39 is 0 Å². The minimum atomic E-state index is 0.189. The Kier molecular flexibility index (Phi) is 4.80. The molecule has 4 nitrogen and oxygen atoms in total. The third-order valence-corrected chi connectivity index (χ3v) is 3.77. The number of hydrogen-bond acceptors (Lipinski definition) is 3. The van der Waals surface area contributed by atoms with Crippen molar-refractivity contribution in [3.8, 4) is 0 Å². The van der Waals surface area contributed by atoms with E-state index >= 15 is 0 Å². The predicted octanol–water partition coefficient (Wildman–Crippen LogP) is 1.16. The average Bonchev–Trinajstić information content (AvgIpc) is 2.82. The number of morpholine rings is 1. The molecule has 1 saturated carbocycles. The fourth-order valence-electron chi connectivity index (χ4n) is 2.72. The zero-order chi connectivity index (χ0) is 12.1. The van der Waals surface area contributed by atoms with Gasteiger partial charge in [0.15, 0.2) is 0 Å². The maximum Gasteiger partial charge on any atom is 0.234 e. The number of nitrogens with zero attached hydrogens (tertiary/aromatic N) is 1. The van der Waals surface area contributed by atoms with Gasteiger partial charge in [-0.15, -0.1) is 0 Å². The molecule has 1 amide bonds. The van der Waals surface area contributed by atoms with Gasteiger partial charge >= 0.3 is 0 Å². The summed E-state index contributed by atoms with van der Waals surface area (Å²) >= 11 is 0. The lowest BCUT2D eigenvalue weighted by Gasteiger charge is -2.32. The SMILES string of the molecule is CC[C@@H]1CN(CC(=O)NC2CCCC2)CCO1. The molecule has 0 radical (unpaired) electrons. The molecule has 4 heteroatoms. The molecule has 2 aliphatic rings. The first-order valence-electron chi connectivity index (χ1n) is 6.91. The zero-order valence-electron chi connectivity index (χ0n) is 10.8. The smallest absolute Gasteiger partial charge is 0.234 e. The molecular formula is C13H24N2O2. The third kappa shape index (κ3) is 3.96. The van der Waals surface area contributed by atoms with Crippen LogP contribution in [0.5, 0.6) is 0 Å². The van der Waals surface area contributed by atoms with Crippen LogP contribution in [0.4, 0.5) is 0 Å². The molecule has 1 aliphatic heterocycles. The first kappa shape index (κ1) is 12.8. The summed E-state index contributed by atoms with van der Waals surface area (Å²) in [5.74, 6) is 0.189. The molecule has 1 heterocycles. The third-order valence-electron chi connectivity index (χ3n) is 3.77. The highest BCUT2D eigenvalue weighted by Gasteiger charge is 2.22. The Morgan fingerprint density at radius 3 is 2.88 bits per heavy atom. The predicted molar refractivity (Wildman–Crippen MR) is 66.9 cm³/mol. The maximum atomic E-state index is 11.9. The lowest BCUT2D eigenvalue weighted by atomic mass is 10.2. The Morgan fingerprint density at radius 1 is 1.41 bits per heavy atom. The second-order valence-electron chi connectivity index (χ2n) is 5.19. The van der Waals surface area contributed by atoms with Gasteiger partial charge in [0, 0.05) is 19.1 Å². The standard InChI is InChI=1S/C13H24N2O2/c1-2-12-9-15(7-8-17-12)10-13(16)14-11-5-3-4-6-11/h11-12H,2-10H2,1H3,(H,14,16)/t12-/m1/s1. The number of ether oxygens (including phenoxy) is 1. The summed E-state index contributed by atoms with van der Waals surface area (Å²) in [6, 6.07) is 0.436. The molecule has 1 N–H and O–H groups in total. The molecule has 1 saturated heterocycles. The van der Waals surface area contributed by atoms with E-state index in [1.54, 1.807) is 0 Å². The summed E-state index contributed by atoms with van der Waals surface area (Å²) in [5, 5.41) is 3.14. The zero-order valence-corrected chi connectivity index (χ0v) is 10.8. The lowest BCUT2D eigenvalue weighted by molar-refractivity contribution is -0.125. The van der Waals surface area contributed by atoms with Gasteiger partial charge in [0.25, 0.3) is 0 Å². The van der Waals surface area contributed by atoms with E-state index in [0.29, 0.717) is 18.7 Å². The fourth-order valence-corrected chi connectivity index (χ4v) is 2.72. The van der Waals surface area contributed by atoms with Crippen LogP contribution in [0.2, 0.25) is 0 Å². The molecule has 98 valence electrons. The van der Waals surface area contributed by atoms with Crippen molar-refractivity contribution in [3.05, 3.63) is 0 Å². The first-order chi connectivity index (χ1) is 8.28. The van der Waals surface area contributed by atoms with E-state index in [9.17, 15) is 4.79 Å². The summed E-state index contributed by atoms with van der Waals surface area (Å²) in [4.78, 5) is 14.1. The fraction of sp³-hybridized carbons (Fsp3) is 0.923. The van der Waals surface area contributed by atoms with Gasteiger partial charge in [-0.3, -0.25) is 9.69 Å². The number of hydrogen-bond donors (Lipinski definition) is 1. The molecule has 0 bridgehead atoms. The Balaban J connectivity index is 1.70. The molecule has 0 aromatic rings. The molecule has 1 aliphatic carbocycles. The van der Waals surface area contributed by atoms with Crippen molar-refractivity contribution >= 4 is 5.91 Å². The van der Waals surface area contributed by atoms with E-state index in [-0.39, 0.29) is 5.91 Å². The number of carbonyl (C=O) groups is 1. The molecule has 0 aromatic carbocycles. The van der Waals surface area contributed by atoms with Gasteiger partial charge in [-0.1, -0.05) is 19.8 Å². The molecule has 2 fully saturated rings. The van der Waals surface area contributed by atoms with E-state index in [4.69, 9.17) is 4.74 Å². The summed E-state index contributed by atoms with van der Waals surface area (Å²) in [7, 11) is 0. The van der Waals surface area contributed by atoms with Crippen molar-refractivity contribution in [2.24, 2.45) is 0 Å². The number of carbonyl (C=O) groups excluding carboxylic acids is 1. The van der Waals surface area contributed by atoms with Gasteiger partial charge in [-0.2, -0.15) is 0 Å². The van der Waals surface area contributed by atoms with Crippen LogP contribution in [0.15, 0.2) is 0 Å². The Morgan fingerprint density at radius 2 is 2.18 bits per heavy atom. The molecule has 1 atom stereocenters.